The normalized spacial score (nSPS) is 15.4. The molecule has 0 fully saturated rings. The van der Waals surface area contributed by atoms with Crippen LogP contribution in [0.3, 0.4) is 0 Å². The quantitative estimate of drug-likeness (QED) is 0.759. The van der Waals surface area contributed by atoms with E-state index < -0.39 is 6.10 Å². The van der Waals surface area contributed by atoms with E-state index in [1.165, 1.54) is 0 Å². The maximum absolute atomic E-state index is 9.80. The van der Waals surface area contributed by atoms with Crippen LogP contribution in [-0.2, 0) is 18.2 Å². The van der Waals surface area contributed by atoms with Crippen LogP contribution in [0.5, 0.6) is 0 Å². The van der Waals surface area contributed by atoms with E-state index in [2.05, 4.69) is 5.10 Å². The van der Waals surface area contributed by atoms with E-state index in [4.69, 9.17) is 4.74 Å². The van der Waals surface area contributed by atoms with Crippen molar-refractivity contribution in [1.82, 2.24) is 9.78 Å². The molecule has 80 valence electrons. The minimum atomic E-state index is -0.472. The van der Waals surface area contributed by atoms with Crippen LogP contribution in [-0.4, -0.2) is 34.2 Å². The van der Waals surface area contributed by atoms with Crippen molar-refractivity contribution >= 4 is 0 Å². The van der Waals surface area contributed by atoms with Gasteiger partial charge < -0.3 is 9.84 Å². The Balaban J connectivity index is 2.51. The third kappa shape index (κ3) is 2.82. The summed E-state index contributed by atoms with van der Waals surface area (Å²) in [6, 6.07) is 1.91. The molecule has 1 aromatic heterocycles. The largest absolute Gasteiger partial charge is 0.390 e. The number of aliphatic hydroxyl groups excluding tert-OH is 1. The van der Waals surface area contributed by atoms with E-state index in [1.807, 2.05) is 26.2 Å². The molecule has 0 spiro atoms. The molecular formula is C10H18N2O2. The van der Waals surface area contributed by atoms with Crippen molar-refractivity contribution in [2.45, 2.75) is 32.0 Å². The maximum atomic E-state index is 9.80. The SMILES string of the molecule is CCC(OC)C(O)Cc1ccn(C)n1. The Morgan fingerprint density at radius 1 is 1.64 bits per heavy atom. The van der Waals surface area contributed by atoms with E-state index in [0.29, 0.717) is 6.42 Å². The summed E-state index contributed by atoms with van der Waals surface area (Å²) in [4.78, 5) is 0. The van der Waals surface area contributed by atoms with Crippen molar-refractivity contribution in [3.05, 3.63) is 18.0 Å². The molecule has 4 nitrogen and oxygen atoms in total. The lowest BCUT2D eigenvalue weighted by molar-refractivity contribution is -0.0133. The predicted octanol–water partition coefficient (Wildman–Crippen LogP) is 0.748. The molecule has 0 saturated carbocycles. The van der Waals surface area contributed by atoms with Crippen molar-refractivity contribution in [3.63, 3.8) is 0 Å². The number of ether oxygens (including phenoxy) is 1. The van der Waals surface area contributed by atoms with Gasteiger partial charge in [-0.2, -0.15) is 5.10 Å². The molecule has 4 heteroatoms. The van der Waals surface area contributed by atoms with Gasteiger partial charge in [0.05, 0.1) is 17.9 Å². The number of nitrogens with zero attached hydrogens (tertiary/aromatic N) is 2. The molecule has 1 aromatic rings. The number of rotatable bonds is 5. The van der Waals surface area contributed by atoms with Gasteiger partial charge in [0.15, 0.2) is 0 Å². The first kappa shape index (κ1) is 11.2. The van der Waals surface area contributed by atoms with Gasteiger partial charge in [0.25, 0.3) is 0 Å². The van der Waals surface area contributed by atoms with Gasteiger partial charge in [0.1, 0.15) is 0 Å². The Labute approximate surface area is 84.5 Å². The summed E-state index contributed by atoms with van der Waals surface area (Å²) in [5.41, 5.74) is 0.899. The first-order valence-electron chi connectivity index (χ1n) is 4.86. The van der Waals surface area contributed by atoms with Crippen LogP contribution in [0.4, 0.5) is 0 Å². The van der Waals surface area contributed by atoms with Crippen LogP contribution in [0, 0.1) is 0 Å². The monoisotopic (exact) mass is 198 g/mol. The summed E-state index contributed by atoms with van der Waals surface area (Å²) < 4.78 is 6.89. The molecule has 0 aliphatic carbocycles. The van der Waals surface area contributed by atoms with Crippen molar-refractivity contribution in [3.8, 4) is 0 Å². The van der Waals surface area contributed by atoms with Crippen LogP contribution >= 0.6 is 0 Å². The minimum absolute atomic E-state index is 0.1000. The van der Waals surface area contributed by atoms with Gasteiger partial charge in [-0.1, -0.05) is 6.92 Å². The van der Waals surface area contributed by atoms with E-state index in [1.54, 1.807) is 11.8 Å². The Morgan fingerprint density at radius 3 is 2.79 bits per heavy atom. The summed E-state index contributed by atoms with van der Waals surface area (Å²) in [7, 11) is 3.49. The second kappa shape index (κ2) is 5.12. The molecule has 0 aliphatic heterocycles. The molecule has 0 radical (unpaired) electrons. The molecule has 0 aromatic carbocycles. The molecule has 1 rings (SSSR count). The predicted molar refractivity (Wildman–Crippen MR) is 54.0 cm³/mol. The summed E-state index contributed by atoms with van der Waals surface area (Å²) >= 11 is 0. The van der Waals surface area contributed by atoms with Crippen molar-refractivity contribution in [1.29, 1.82) is 0 Å². The Hall–Kier alpha value is -0.870. The second-order valence-electron chi connectivity index (χ2n) is 3.43. The van der Waals surface area contributed by atoms with Crippen LogP contribution < -0.4 is 0 Å². The first-order chi connectivity index (χ1) is 6.67. The summed E-state index contributed by atoms with van der Waals surface area (Å²) in [6.45, 7) is 2.00. The van der Waals surface area contributed by atoms with Crippen LogP contribution in [0.15, 0.2) is 12.3 Å². The van der Waals surface area contributed by atoms with Gasteiger partial charge >= 0.3 is 0 Å². The summed E-state index contributed by atoms with van der Waals surface area (Å²) in [5.74, 6) is 0. The second-order valence-corrected chi connectivity index (χ2v) is 3.43. The average Bonchev–Trinajstić information content (AvgIpc) is 2.53. The molecule has 0 bridgehead atoms. The van der Waals surface area contributed by atoms with Crippen molar-refractivity contribution in [2.75, 3.05) is 7.11 Å². The number of aliphatic hydroxyl groups is 1. The molecule has 0 amide bonds. The van der Waals surface area contributed by atoms with Gasteiger partial charge in [0, 0.05) is 26.8 Å². The third-order valence-corrected chi connectivity index (χ3v) is 2.32. The van der Waals surface area contributed by atoms with Gasteiger partial charge in [-0.05, 0) is 12.5 Å². The fourth-order valence-corrected chi connectivity index (χ4v) is 1.51. The molecule has 2 atom stereocenters. The number of hydrogen-bond acceptors (Lipinski definition) is 3. The molecule has 0 saturated heterocycles. The minimum Gasteiger partial charge on any atom is -0.390 e. The summed E-state index contributed by atoms with van der Waals surface area (Å²) in [5, 5.41) is 14.0. The fraction of sp³-hybridized carbons (Fsp3) is 0.700. The maximum Gasteiger partial charge on any atom is 0.0857 e. The highest BCUT2D eigenvalue weighted by Crippen LogP contribution is 2.08. The number of aromatic nitrogens is 2. The van der Waals surface area contributed by atoms with E-state index in [0.717, 1.165) is 12.1 Å². The Bertz CT molecular complexity index is 269. The van der Waals surface area contributed by atoms with E-state index in [9.17, 15) is 5.11 Å². The highest BCUT2D eigenvalue weighted by Gasteiger charge is 2.17. The molecule has 0 aliphatic rings. The first-order valence-corrected chi connectivity index (χ1v) is 4.86. The molecule has 1 N–H and O–H groups in total. The fourth-order valence-electron chi connectivity index (χ4n) is 1.51. The van der Waals surface area contributed by atoms with Crippen LogP contribution in [0.1, 0.15) is 19.0 Å². The zero-order valence-electron chi connectivity index (χ0n) is 8.97. The van der Waals surface area contributed by atoms with Gasteiger partial charge in [-0.25, -0.2) is 0 Å². The Kier molecular flexibility index (Phi) is 4.10. The highest BCUT2D eigenvalue weighted by molar-refractivity contribution is 5.00. The number of hydrogen-bond donors (Lipinski definition) is 1. The lowest BCUT2D eigenvalue weighted by atomic mass is 10.1. The number of aryl methyl sites for hydroxylation is 1. The molecule has 1 heterocycles. The van der Waals surface area contributed by atoms with Crippen LogP contribution in [0.2, 0.25) is 0 Å². The Morgan fingerprint density at radius 2 is 2.36 bits per heavy atom. The lowest BCUT2D eigenvalue weighted by Crippen LogP contribution is -2.29. The topological polar surface area (TPSA) is 47.3 Å². The number of methoxy groups -OCH3 is 1. The third-order valence-electron chi connectivity index (χ3n) is 2.32. The average molecular weight is 198 g/mol. The molecule has 2 unspecified atom stereocenters. The van der Waals surface area contributed by atoms with Gasteiger partial charge in [0.2, 0.25) is 0 Å². The molecule has 14 heavy (non-hydrogen) atoms. The van der Waals surface area contributed by atoms with E-state index >= 15 is 0 Å². The smallest absolute Gasteiger partial charge is 0.0857 e. The lowest BCUT2D eigenvalue weighted by Gasteiger charge is -2.18. The molecular weight excluding hydrogens is 180 g/mol. The standard InChI is InChI=1S/C10H18N2O2/c1-4-10(14-3)9(13)7-8-5-6-12(2)11-8/h5-6,9-10,13H,4,7H2,1-3H3. The van der Waals surface area contributed by atoms with E-state index in [-0.39, 0.29) is 6.10 Å². The van der Waals surface area contributed by atoms with Crippen molar-refractivity contribution in [2.24, 2.45) is 7.05 Å². The summed E-state index contributed by atoms with van der Waals surface area (Å²) in [6.07, 6.45) is 2.66. The van der Waals surface area contributed by atoms with Crippen molar-refractivity contribution < 1.29 is 9.84 Å². The zero-order chi connectivity index (χ0) is 10.6. The highest BCUT2D eigenvalue weighted by atomic mass is 16.5. The zero-order valence-corrected chi connectivity index (χ0v) is 8.97. The van der Waals surface area contributed by atoms with Crippen LogP contribution in [0.25, 0.3) is 0 Å². The van der Waals surface area contributed by atoms with Gasteiger partial charge in [-0.3, -0.25) is 4.68 Å². The van der Waals surface area contributed by atoms with Gasteiger partial charge in [-0.15, -0.1) is 0 Å².